The van der Waals surface area contributed by atoms with Gasteiger partial charge in [-0.2, -0.15) is 11.8 Å². The average Bonchev–Trinajstić information content (AvgIpc) is 2.29. The largest absolute Gasteiger partial charge is 0.353 e. The van der Waals surface area contributed by atoms with Crippen molar-refractivity contribution >= 4 is 29.3 Å². The fourth-order valence-corrected chi connectivity index (χ4v) is 2.88. The Hall–Kier alpha value is 0.110. The Bertz CT molecular complexity index is 245. The van der Waals surface area contributed by atoms with Crippen molar-refractivity contribution < 1.29 is 4.79 Å². The van der Waals surface area contributed by atoms with Gasteiger partial charge in [-0.25, -0.2) is 0 Å². The van der Waals surface area contributed by atoms with Crippen LogP contribution in [0.15, 0.2) is 0 Å². The summed E-state index contributed by atoms with van der Waals surface area (Å²) < 4.78 is 0. The van der Waals surface area contributed by atoms with Crippen LogP contribution >= 0.6 is 23.4 Å². The van der Waals surface area contributed by atoms with E-state index in [-0.39, 0.29) is 5.91 Å². The van der Waals surface area contributed by atoms with Gasteiger partial charge in [-0.3, -0.25) is 4.79 Å². The summed E-state index contributed by atoms with van der Waals surface area (Å²) in [5, 5.41) is 3.84. The summed E-state index contributed by atoms with van der Waals surface area (Å²) in [7, 11) is 0. The molecule has 1 fully saturated rings. The maximum atomic E-state index is 12.0. The zero-order valence-corrected chi connectivity index (χ0v) is 12.0. The average molecular weight is 264 g/mol. The standard InChI is InChI=1S/C12H22ClNOS/c1-12(2,8-13)11(15)14-9-5-4-6-10(7-9)16-3/h9-10H,4-8H2,1-3H3,(H,14,15). The molecule has 1 rings (SSSR count). The second-order valence-electron chi connectivity index (χ2n) is 5.21. The van der Waals surface area contributed by atoms with Gasteiger partial charge >= 0.3 is 0 Å². The van der Waals surface area contributed by atoms with Crippen LogP contribution in [-0.4, -0.2) is 29.3 Å². The first-order valence-corrected chi connectivity index (χ1v) is 7.71. The maximum absolute atomic E-state index is 12.0. The van der Waals surface area contributed by atoms with Crippen LogP contribution in [0.1, 0.15) is 39.5 Å². The molecule has 0 spiro atoms. The number of thioether (sulfide) groups is 1. The molecule has 1 saturated carbocycles. The number of nitrogens with one attached hydrogen (secondary N) is 1. The highest BCUT2D eigenvalue weighted by Crippen LogP contribution is 2.27. The monoisotopic (exact) mass is 263 g/mol. The molecule has 1 aliphatic carbocycles. The smallest absolute Gasteiger partial charge is 0.227 e. The number of alkyl halides is 1. The molecule has 0 bridgehead atoms. The van der Waals surface area contributed by atoms with Crippen LogP contribution in [0.25, 0.3) is 0 Å². The molecule has 2 atom stereocenters. The first-order valence-electron chi connectivity index (χ1n) is 5.89. The third-order valence-corrected chi connectivity index (χ3v) is 5.01. The molecule has 1 N–H and O–H groups in total. The Kier molecular flexibility index (Phi) is 5.45. The van der Waals surface area contributed by atoms with E-state index >= 15 is 0 Å². The van der Waals surface area contributed by atoms with Crippen molar-refractivity contribution in [3.8, 4) is 0 Å². The second-order valence-corrected chi connectivity index (χ2v) is 6.62. The number of amides is 1. The highest BCUT2D eigenvalue weighted by molar-refractivity contribution is 7.99. The van der Waals surface area contributed by atoms with Crippen molar-refractivity contribution in [2.24, 2.45) is 5.41 Å². The van der Waals surface area contributed by atoms with Gasteiger partial charge in [0, 0.05) is 17.2 Å². The van der Waals surface area contributed by atoms with E-state index in [2.05, 4.69) is 11.6 Å². The highest BCUT2D eigenvalue weighted by Gasteiger charge is 2.30. The Morgan fingerprint density at radius 1 is 1.50 bits per heavy atom. The topological polar surface area (TPSA) is 29.1 Å². The lowest BCUT2D eigenvalue weighted by Gasteiger charge is -2.31. The molecule has 2 nitrogen and oxygen atoms in total. The van der Waals surface area contributed by atoms with Gasteiger partial charge in [0.25, 0.3) is 0 Å². The molecule has 2 unspecified atom stereocenters. The third kappa shape index (κ3) is 3.85. The van der Waals surface area contributed by atoms with Crippen molar-refractivity contribution in [3.05, 3.63) is 0 Å². The summed E-state index contributed by atoms with van der Waals surface area (Å²) in [5.74, 6) is 0.464. The van der Waals surface area contributed by atoms with Crippen molar-refractivity contribution in [1.29, 1.82) is 0 Å². The van der Waals surface area contributed by atoms with Crippen molar-refractivity contribution in [2.75, 3.05) is 12.1 Å². The van der Waals surface area contributed by atoms with Crippen molar-refractivity contribution in [3.63, 3.8) is 0 Å². The molecule has 0 radical (unpaired) electrons. The molecule has 0 heterocycles. The SMILES string of the molecule is CSC1CCCC(NC(=O)C(C)(C)CCl)C1. The van der Waals surface area contributed by atoms with Gasteiger partial charge in [0.1, 0.15) is 0 Å². The molecule has 0 aliphatic heterocycles. The zero-order chi connectivity index (χ0) is 12.2. The molecule has 1 amide bonds. The predicted molar refractivity (Wildman–Crippen MR) is 72.2 cm³/mol. The first-order chi connectivity index (χ1) is 7.49. The number of carbonyl (C=O) groups is 1. The summed E-state index contributed by atoms with van der Waals surface area (Å²) in [6, 6.07) is 0.348. The van der Waals surface area contributed by atoms with Crippen LogP contribution in [0.3, 0.4) is 0 Å². The van der Waals surface area contributed by atoms with Crippen molar-refractivity contribution in [1.82, 2.24) is 5.32 Å². The summed E-state index contributed by atoms with van der Waals surface area (Å²) in [6.07, 6.45) is 6.87. The molecule has 0 aromatic carbocycles. The summed E-state index contributed by atoms with van der Waals surface area (Å²) >= 11 is 7.71. The summed E-state index contributed by atoms with van der Waals surface area (Å²) in [4.78, 5) is 12.0. The van der Waals surface area contributed by atoms with E-state index in [1.165, 1.54) is 12.8 Å². The molecule has 4 heteroatoms. The molecule has 0 aromatic rings. The Morgan fingerprint density at radius 3 is 2.75 bits per heavy atom. The molecule has 0 aromatic heterocycles. The van der Waals surface area contributed by atoms with Gasteiger partial charge in [0.05, 0.1) is 5.41 Å². The van der Waals surface area contributed by atoms with E-state index in [0.717, 1.165) is 12.8 Å². The van der Waals surface area contributed by atoms with E-state index in [4.69, 9.17) is 11.6 Å². The van der Waals surface area contributed by atoms with Crippen LogP contribution in [0, 0.1) is 5.41 Å². The maximum Gasteiger partial charge on any atom is 0.227 e. The molecule has 1 aliphatic rings. The third-order valence-electron chi connectivity index (χ3n) is 3.24. The minimum atomic E-state index is -0.451. The predicted octanol–water partition coefficient (Wildman–Crippen LogP) is 3.04. The molecule has 16 heavy (non-hydrogen) atoms. The van der Waals surface area contributed by atoms with Crippen LogP contribution < -0.4 is 5.32 Å². The normalized spacial score (nSPS) is 26.5. The molecular formula is C12H22ClNOS. The number of hydrogen-bond acceptors (Lipinski definition) is 2. The minimum Gasteiger partial charge on any atom is -0.353 e. The number of hydrogen-bond donors (Lipinski definition) is 1. The van der Waals surface area contributed by atoms with Gasteiger partial charge in [-0.05, 0) is 39.4 Å². The number of rotatable bonds is 4. The fourth-order valence-electron chi connectivity index (χ4n) is 1.93. The van der Waals surface area contributed by atoms with Crippen molar-refractivity contribution in [2.45, 2.75) is 50.8 Å². The van der Waals surface area contributed by atoms with E-state index in [1.54, 1.807) is 0 Å². The van der Waals surface area contributed by atoms with E-state index in [1.807, 2.05) is 25.6 Å². The first kappa shape index (κ1) is 14.2. The quantitative estimate of drug-likeness (QED) is 0.790. The van der Waals surface area contributed by atoms with Gasteiger partial charge in [-0.15, -0.1) is 11.6 Å². The summed E-state index contributed by atoms with van der Waals surface area (Å²) in [6.45, 7) is 3.79. The van der Waals surface area contributed by atoms with E-state index in [0.29, 0.717) is 17.2 Å². The fraction of sp³-hybridized carbons (Fsp3) is 0.917. The van der Waals surface area contributed by atoms with Crippen LogP contribution in [0.5, 0.6) is 0 Å². The summed E-state index contributed by atoms with van der Waals surface area (Å²) in [5.41, 5.74) is -0.451. The van der Waals surface area contributed by atoms with Crippen LogP contribution in [-0.2, 0) is 4.79 Å². The highest BCUT2D eigenvalue weighted by atomic mass is 35.5. The van der Waals surface area contributed by atoms with Gasteiger partial charge < -0.3 is 5.32 Å². The molecule has 94 valence electrons. The van der Waals surface area contributed by atoms with Crippen LogP contribution in [0.2, 0.25) is 0 Å². The van der Waals surface area contributed by atoms with Gasteiger partial charge in [0.2, 0.25) is 5.91 Å². The van der Waals surface area contributed by atoms with Gasteiger partial charge in [0.15, 0.2) is 0 Å². The Balaban J connectivity index is 2.45. The van der Waals surface area contributed by atoms with Gasteiger partial charge in [-0.1, -0.05) is 6.42 Å². The number of halogens is 1. The lowest BCUT2D eigenvalue weighted by molar-refractivity contribution is -0.129. The Labute approximate surface area is 108 Å². The second kappa shape index (κ2) is 6.15. The number of carbonyl (C=O) groups excluding carboxylic acids is 1. The Morgan fingerprint density at radius 2 is 2.19 bits per heavy atom. The van der Waals surface area contributed by atoms with E-state index < -0.39 is 5.41 Å². The molecular weight excluding hydrogens is 242 g/mol. The minimum absolute atomic E-state index is 0.0919. The lowest BCUT2D eigenvalue weighted by Crippen LogP contribution is -2.45. The zero-order valence-electron chi connectivity index (χ0n) is 10.4. The van der Waals surface area contributed by atoms with Crippen LogP contribution in [0.4, 0.5) is 0 Å². The molecule has 0 saturated heterocycles. The lowest BCUT2D eigenvalue weighted by atomic mass is 9.91. The van der Waals surface area contributed by atoms with E-state index in [9.17, 15) is 4.79 Å².